The number of nitrogens with zero attached hydrogens (tertiary/aromatic N) is 1. The molecule has 1 aromatic rings. The van der Waals surface area contributed by atoms with Crippen molar-refractivity contribution in [3.63, 3.8) is 0 Å². The molecule has 7 atom stereocenters. The maximum absolute atomic E-state index is 14.0. The quantitative estimate of drug-likeness (QED) is 0.756. The molecule has 5 rings (SSSR count). The van der Waals surface area contributed by atoms with Gasteiger partial charge in [0.25, 0.3) is 0 Å². The fourth-order valence-electron chi connectivity index (χ4n) is 8.04. The third kappa shape index (κ3) is 3.22. The summed E-state index contributed by atoms with van der Waals surface area (Å²) in [4.78, 5) is 27.0. The van der Waals surface area contributed by atoms with E-state index in [1.807, 2.05) is 11.9 Å². The van der Waals surface area contributed by atoms with Gasteiger partial charge in [-0.1, -0.05) is 38.1 Å². The van der Waals surface area contributed by atoms with Crippen LogP contribution >= 0.6 is 0 Å². The summed E-state index contributed by atoms with van der Waals surface area (Å²) in [7, 11) is 1.96. The van der Waals surface area contributed by atoms with Gasteiger partial charge < -0.3 is 10.2 Å². The number of likely N-dealkylation sites (N-methyl/N-ethyl adjacent to an activating group) is 1. The van der Waals surface area contributed by atoms with Crippen molar-refractivity contribution >= 4 is 11.8 Å². The number of nitrogens with one attached hydrogen (secondary N) is 1. The van der Waals surface area contributed by atoms with Crippen molar-refractivity contribution in [2.45, 2.75) is 70.9 Å². The van der Waals surface area contributed by atoms with Crippen LogP contribution in [0.25, 0.3) is 0 Å². The van der Waals surface area contributed by atoms with Crippen molar-refractivity contribution in [2.75, 3.05) is 7.05 Å². The predicted molar refractivity (Wildman–Crippen MR) is 122 cm³/mol. The number of carbonyl (C=O) groups is 2. The average molecular weight is 439 g/mol. The van der Waals surface area contributed by atoms with Crippen molar-refractivity contribution in [1.29, 1.82) is 0 Å². The molecule has 4 nitrogen and oxygen atoms in total. The number of rotatable bonds is 3. The molecule has 0 aromatic heterocycles. The first kappa shape index (κ1) is 21.7. The Balaban J connectivity index is 1.32. The lowest BCUT2D eigenvalue weighted by Gasteiger charge is -2.60. The number of halogens is 1. The fourth-order valence-corrected chi connectivity index (χ4v) is 8.04. The minimum absolute atomic E-state index is 0.0408. The van der Waals surface area contributed by atoms with E-state index in [9.17, 15) is 14.0 Å². The molecule has 2 amide bonds. The Labute approximate surface area is 190 Å². The lowest BCUT2D eigenvalue weighted by molar-refractivity contribution is -0.138. The maximum Gasteiger partial charge on any atom is 0.246 e. The molecule has 1 aliphatic heterocycles. The Morgan fingerprint density at radius 2 is 1.91 bits per heavy atom. The van der Waals surface area contributed by atoms with E-state index in [0.29, 0.717) is 29.4 Å². The van der Waals surface area contributed by atoms with Gasteiger partial charge in [0.15, 0.2) is 0 Å². The molecule has 1 N–H and O–H groups in total. The fraction of sp³-hybridized carbons (Fsp3) is 0.630. The van der Waals surface area contributed by atoms with Crippen molar-refractivity contribution in [1.82, 2.24) is 10.2 Å². The topological polar surface area (TPSA) is 49.4 Å². The van der Waals surface area contributed by atoms with E-state index in [4.69, 9.17) is 0 Å². The van der Waals surface area contributed by atoms with E-state index < -0.39 is 0 Å². The molecule has 1 heterocycles. The molecule has 3 fully saturated rings. The third-order valence-corrected chi connectivity index (χ3v) is 9.77. The van der Waals surface area contributed by atoms with Crippen LogP contribution in [-0.4, -0.2) is 35.8 Å². The van der Waals surface area contributed by atoms with Gasteiger partial charge in [0.1, 0.15) is 5.82 Å². The van der Waals surface area contributed by atoms with Crippen molar-refractivity contribution < 1.29 is 14.0 Å². The van der Waals surface area contributed by atoms with Gasteiger partial charge in [-0.3, -0.25) is 9.59 Å². The van der Waals surface area contributed by atoms with Gasteiger partial charge in [0, 0.05) is 24.5 Å². The van der Waals surface area contributed by atoms with E-state index in [0.717, 1.165) is 38.5 Å². The lowest BCUT2D eigenvalue weighted by Crippen LogP contribution is -2.60. The summed E-state index contributed by atoms with van der Waals surface area (Å²) < 4.78 is 14.0. The van der Waals surface area contributed by atoms with Crippen molar-refractivity contribution in [2.24, 2.45) is 28.6 Å². The SMILES string of the molecule is CN1C(=O)C=C[C@]2(C)[C@H]3CC[C@]4(C)[C@@H](NC(=O)Cc5ccccc5F)CC[C@H]4[C@@H]3CC[C@@H]12. The van der Waals surface area contributed by atoms with Crippen LogP contribution in [0.2, 0.25) is 0 Å². The Kier molecular flexibility index (Phi) is 5.22. The van der Waals surface area contributed by atoms with Gasteiger partial charge in [-0.2, -0.15) is 0 Å². The highest BCUT2D eigenvalue weighted by Crippen LogP contribution is 2.63. The summed E-state index contributed by atoms with van der Waals surface area (Å²) in [6, 6.07) is 6.99. The molecular weight excluding hydrogens is 403 g/mol. The molecule has 0 bridgehead atoms. The van der Waals surface area contributed by atoms with Crippen molar-refractivity contribution in [3.8, 4) is 0 Å². The molecule has 5 heteroatoms. The average Bonchev–Trinajstić information content (AvgIpc) is 3.09. The van der Waals surface area contributed by atoms with E-state index in [2.05, 4.69) is 25.2 Å². The van der Waals surface area contributed by atoms with Crippen LogP contribution < -0.4 is 5.32 Å². The van der Waals surface area contributed by atoms with Gasteiger partial charge in [0.05, 0.1) is 6.42 Å². The monoisotopic (exact) mass is 438 g/mol. The van der Waals surface area contributed by atoms with E-state index in [1.54, 1.807) is 24.3 Å². The van der Waals surface area contributed by atoms with E-state index in [-0.39, 0.29) is 40.9 Å². The molecule has 0 unspecified atom stereocenters. The molecular formula is C27H35FN2O2. The van der Waals surface area contributed by atoms with Crippen LogP contribution in [0.4, 0.5) is 4.39 Å². The second-order valence-corrected chi connectivity index (χ2v) is 11.1. The molecule has 4 aliphatic rings. The Morgan fingerprint density at radius 1 is 1.12 bits per heavy atom. The Morgan fingerprint density at radius 3 is 2.69 bits per heavy atom. The van der Waals surface area contributed by atoms with Crippen LogP contribution in [0.3, 0.4) is 0 Å². The number of benzene rings is 1. The number of amides is 2. The molecule has 0 saturated heterocycles. The number of hydrogen-bond donors (Lipinski definition) is 1. The minimum Gasteiger partial charge on any atom is -0.353 e. The zero-order chi connectivity index (χ0) is 22.7. The second-order valence-electron chi connectivity index (χ2n) is 11.1. The molecule has 3 aliphatic carbocycles. The zero-order valence-corrected chi connectivity index (χ0v) is 19.4. The summed E-state index contributed by atoms with van der Waals surface area (Å²) in [6.45, 7) is 4.73. The highest BCUT2D eigenvalue weighted by atomic mass is 19.1. The van der Waals surface area contributed by atoms with Crippen LogP contribution in [0.15, 0.2) is 36.4 Å². The summed E-state index contributed by atoms with van der Waals surface area (Å²) >= 11 is 0. The first-order valence-electron chi connectivity index (χ1n) is 12.2. The maximum atomic E-state index is 14.0. The first-order chi connectivity index (χ1) is 15.2. The molecule has 32 heavy (non-hydrogen) atoms. The normalized spacial score (nSPS) is 40.4. The Hall–Kier alpha value is -2.17. The van der Waals surface area contributed by atoms with Crippen molar-refractivity contribution in [3.05, 3.63) is 47.8 Å². The smallest absolute Gasteiger partial charge is 0.246 e. The summed E-state index contributed by atoms with van der Waals surface area (Å²) in [6.07, 6.45) is 10.7. The number of carbonyl (C=O) groups excluding carboxylic acids is 2. The highest BCUT2D eigenvalue weighted by molar-refractivity contribution is 5.89. The second kappa shape index (κ2) is 7.71. The largest absolute Gasteiger partial charge is 0.353 e. The van der Waals surface area contributed by atoms with Gasteiger partial charge in [-0.05, 0) is 79.4 Å². The van der Waals surface area contributed by atoms with Crippen LogP contribution in [0.1, 0.15) is 57.9 Å². The number of hydrogen-bond acceptors (Lipinski definition) is 2. The van der Waals surface area contributed by atoms with Crippen LogP contribution in [0, 0.1) is 34.4 Å². The van der Waals surface area contributed by atoms with Gasteiger partial charge >= 0.3 is 0 Å². The molecule has 0 spiro atoms. The Bertz CT molecular complexity index is 961. The summed E-state index contributed by atoms with van der Waals surface area (Å²) in [5, 5.41) is 3.30. The number of fused-ring (bicyclic) bond motifs is 5. The van der Waals surface area contributed by atoms with E-state index >= 15 is 0 Å². The van der Waals surface area contributed by atoms with Crippen LogP contribution in [0.5, 0.6) is 0 Å². The van der Waals surface area contributed by atoms with Gasteiger partial charge in [0.2, 0.25) is 11.8 Å². The van der Waals surface area contributed by atoms with Crippen LogP contribution in [-0.2, 0) is 16.0 Å². The summed E-state index contributed by atoms with van der Waals surface area (Å²) in [5.74, 6) is 1.55. The van der Waals surface area contributed by atoms with E-state index in [1.165, 1.54) is 6.07 Å². The highest BCUT2D eigenvalue weighted by Gasteiger charge is 2.60. The minimum atomic E-state index is -0.312. The van der Waals surface area contributed by atoms with Gasteiger partial charge in [-0.25, -0.2) is 4.39 Å². The molecule has 1 aromatic carbocycles. The zero-order valence-electron chi connectivity index (χ0n) is 19.4. The standard InChI is InChI=1S/C27H35FN2O2/c1-26-14-12-20-18(8-11-23-27(20,2)15-13-25(32)30(23)3)19(26)9-10-22(26)29-24(31)16-17-6-4-5-7-21(17)28/h4-7,13,15,18-20,22-23H,8-12,14,16H2,1-3H3,(H,29,31)/t18-,19-,20-,22-,23+,26-,27+/m0/s1. The predicted octanol–water partition coefficient (Wildman–Crippen LogP) is 4.49. The first-order valence-corrected chi connectivity index (χ1v) is 12.2. The molecule has 3 saturated carbocycles. The van der Waals surface area contributed by atoms with Gasteiger partial charge in [-0.15, -0.1) is 0 Å². The molecule has 0 radical (unpaired) electrons. The lowest BCUT2D eigenvalue weighted by atomic mass is 9.48. The third-order valence-electron chi connectivity index (χ3n) is 9.77. The molecule has 172 valence electrons. The summed E-state index contributed by atoms with van der Waals surface area (Å²) in [5.41, 5.74) is 0.594.